The molecule has 1 heterocycles. The van der Waals surface area contributed by atoms with Crippen LogP contribution in [0.4, 0.5) is 5.69 Å². The molecule has 0 aliphatic carbocycles. The van der Waals surface area contributed by atoms with Crippen molar-refractivity contribution in [2.75, 3.05) is 12.3 Å². The number of ether oxygens (including phenoxy) is 1. The Morgan fingerprint density at radius 1 is 1.20 bits per heavy atom. The fourth-order valence-electron chi connectivity index (χ4n) is 1.97. The quantitative estimate of drug-likeness (QED) is 0.823. The number of benzene rings is 1. The Balaban J connectivity index is 2.39. The molecular formula is C15H22N4O. The third-order valence-corrected chi connectivity index (χ3v) is 3.05. The first-order chi connectivity index (χ1) is 9.69. The van der Waals surface area contributed by atoms with Crippen LogP contribution in [0, 0.1) is 0 Å². The number of anilines is 1. The molecule has 0 saturated carbocycles. The van der Waals surface area contributed by atoms with Gasteiger partial charge in [-0.2, -0.15) is 5.10 Å². The zero-order valence-electron chi connectivity index (χ0n) is 12.4. The molecule has 1 aromatic carbocycles. The second kappa shape index (κ2) is 6.41. The predicted molar refractivity (Wildman–Crippen MR) is 80.3 cm³/mol. The molecule has 20 heavy (non-hydrogen) atoms. The Morgan fingerprint density at radius 3 is 2.65 bits per heavy atom. The Bertz CT molecular complexity index is 577. The highest BCUT2D eigenvalue weighted by Gasteiger charge is 2.11. The third-order valence-electron chi connectivity index (χ3n) is 3.05. The van der Waals surface area contributed by atoms with Crippen LogP contribution in [-0.2, 0) is 12.8 Å². The minimum atomic E-state index is 0.649. The van der Waals surface area contributed by atoms with Gasteiger partial charge in [0.25, 0.3) is 0 Å². The lowest BCUT2D eigenvalue weighted by atomic mass is 10.2. The first-order valence-corrected chi connectivity index (χ1v) is 7.17. The van der Waals surface area contributed by atoms with Gasteiger partial charge in [-0.05, 0) is 18.6 Å². The number of aromatic nitrogens is 3. The number of rotatable bonds is 6. The van der Waals surface area contributed by atoms with Crippen LogP contribution in [0.2, 0.25) is 0 Å². The van der Waals surface area contributed by atoms with Crippen molar-refractivity contribution in [2.24, 2.45) is 0 Å². The zero-order valence-corrected chi connectivity index (χ0v) is 12.4. The molecule has 0 saturated heterocycles. The smallest absolute Gasteiger partial charge is 0.151 e. The van der Waals surface area contributed by atoms with Crippen molar-refractivity contribution in [3.05, 3.63) is 29.8 Å². The lowest BCUT2D eigenvalue weighted by Crippen LogP contribution is -2.05. The maximum absolute atomic E-state index is 5.94. The van der Waals surface area contributed by atoms with E-state index in [9.17, 15) is 0 Å². The predicted octanol–water partition coefficient (Wildman–Crippen LogP) is 2.76. The molecule has 0 bridgehead atoms. The SMILES string of the molecule is CCCOc1cc(-n2nc(CC)nc2CC)ccc1N. The van der Waals surface area contributed by atoms with E-state index in [0.29, 0.717) is 18.0 Å². The van der Waals surface area contributed by atoms with Crippen LogP contribution in [0.25, 0.3) is 5.69 Å². The van der Waals surface area contributed by atoms with Gasteiger partial charge >= 0.3 is 0 Å². The Labute approximate surface area is 119 Å². The molecule has 0 atom stereocenters. The van der Waals surface area contributed by atoms with E-state index in [2.05, 4.69) is 30.9 Å². The largest absolute Gasteiger partial charge is 0.491 e. The molecular weight excluding hydrogens is 252 g/mol. The van der Waals surface area contributed by atoms with Crippen LogP contribution in [0.1, 0.15) is 38.8 Å². The summed E-state index contributed by atoms with van der Waals surface area (Å²) in [6, 6.07) is 5.73. The highest BCUT2D eigenvalue weighted by Crippen LogP contribution is 2.25. The normalized spacial score (nSPS) is 10.8. The van der Waals surface area contributed by atoms with Crippen LogP contribution < -0.4 is 10.5 Å². The van der Waals surface area contributed by atoms with Crippen LogP contribution in [0.5, 0.6) is 5.75 Å². The zero-order chi connectivity index (χ0) is 14.5. The summed E-state index contributed by atoms with van der Waals surface area (Å²) in [6.45, 7) is 6.86. The minimum absolute atomic E-state index is 0.649. The van der Waals surface area contributed by atoms with Gasteiger partial charge in [-0.25, -0.2) is 9.67 Å². The topological polar surface area (TPSA) is 66.0 Å². The first kappa shape index (κ1) is 14.4. The molecule has 108 valence electrons. The number of hydrogen-bond acceptors (Lipinski definition) is 4. The van der Waals surface area contributed by atoms with Gasteiger partial charge in [0.15, 0.2) is 5.82 Å². The van der Waals surface area contributed by atoms with Gasteiger partial charge in [0.2, 0.25) is 0 Å². The summed E-state index contributed by atoms with van der Waals surface area (Å²) < 4.78 is 7.54. The highest BCUT2D eigenvalue weighted by molar-refractivity contribution is 5.57. The van der Waals surface area contributed by atoms with Crippen LogP contribution in [0.3, 0.4) is 0 Å². The monoisotopic (exact) mass is 274 g/mol. The fraction of sp³-hybridized carbons (Fsp3) is 0.467. The van der Waals surface area contributed by atoms with Gasteiger partial charge in [-0.15, -0.1) is 0 Å². The number of hydrogen-bond donors (Lipinski definition) is 1. The molecule has 2 rings (SSSR count). The van der Waals surface area contributed by atoms with E-state index in [1.54, 1.807) is 0 Å². The molecule has 0 unspecified atom stereocenters. The molecule has 5 nitrogen and oxygen atoms in total. The van der Waals surface area contributed by atoms with Gasteiger partial charge in [-0.1, -0.05) is 20.8 Å². The third kappa shape index (κ3) is 2.92. The fourth-order valence-corrected chi connectivity index (χ4v) is 1.97. The highest BCUT2D eigenvalue weighted by atomic mass is 16.5. The van der Waals surface area contributed by atoms with Gasteiger partial charge in [0.05, 0.1) is 18.0 Å². The van der Waals surface area contributed by atoms with E-state index in [1.807, 2.05) is 22.9 Å². The van der Waals surface area contributed by atoms with E-state index in [0.717, 1.165) is 36.6 Å². The summed E-state index contributed by atoms with van der Waals surface area (Å²) in [5.41, 5.74) is 7.53. The summed E-state index contributed by atoms with van der Waals surface area (Å²) in [4.78, 5) is 4.52. The number of nitrogens with zero attached hydrogens (tertiary/aromatic N) is 3. The molecule has 0 spiro atoms. The van der Waals surface area contributed by atoms with Gasteiger partial charge in [0, 0.05) is 18.9 Å². The van der Waals surface area contributed by atoms with Crippen molar-refractivity contribution in [3.63, 3.8) is 0 Å². The second-order valence-electron chi connectivity index (χ2n) is 4.63. The summed E-state index contributed by atoms with van der Waals surface area (Å²) in [6.07, 6.45) is 2.61. The van der Waals surface area contributed by atoms with E-state index < -0.39 is 0 Å². The molecule has 0 aliphatic rings. The molecule has 2 aromatic rings. The van der Waals surface area contributed by atoms with Crippen molar-refractivity contribution in [1.29, 1.82) is 0 Å². The van der Waals surface area contributed by atoms with Crippen molar-refractivity contribution in [1.82, 2.24) is 14.8 Å². The first-order valence-electron chi connectivity index (χ1n) is 7.17. The maximum Gasteiger partial charge on any atom is 0.151 e. The second-order valence-corrected chi connectivity index (χ2v) is 4.63. The van der Waals surface area contributed by atoms with Crippen LogP contribution in [0.15, 0.2) is 18.2 Å². The molecule has 5 heteroatoms. The molecule has 0 aliphatic heterocycles. The molecule has 2 N–H and O–H groups in total. The van der Waals surface area contributed by atoms with Gasteiger partial charge in [0.1, 0.15) is 11.6 Å². The summed E-state index contributed by atoms with van der Waals surface area (Å²) >= 11 is 0. The van der Waals surface area contributed by atoms with Gasteiger partial charge < -0.3 is 10.5 Å². The maximum atomic E-state index is 5.94. The average Bonchev–Trinajstić information content (AvgIpc) is 2.90. The molecule has 0 radical (unpaired) electrons. The van der Waals surface area contributed by atoms with Crippen LogP contribution in [-0.4, -0.2) is 21.4 Å². The molecule has 1 aromatic heterocycles. The Morgan fingerprint density at radius 2 is 2.00 bits per heavy atom. The number of nitrogens with two attached hydrogens (primary N) is 1. The van der Waals surface area contributed by atoms with Crippen molar-refractivity contribution in [2.45, 2.75) is 40.0 Å². The number of nitrogen functional groups attached to an aromatic ring is 1. The summed E-state index contributed by atoms with van der Waals surface area (Å²) in [5.74, 6) is 2.52. The lowest BCUT2D eigenvalue weighted by Gasteiger charge is -2.11. The van der Waals surface area contributed by atoms with Crippen molar-refractivity contribution < 1.29 is 4.74 Å². The van der Waals surface area contributed by atoms with E-state index in [4.69, 9.17) is 10.5 Å². The van der Waals surface area contributed by atoms with E-state index in [-0.39, 0.29) is 0 Å². The lowest BCUT2D eigenvalue weighted by molar-refractivity contribution is 0.319. The minimum Gasteiger partial charge on any atom is -0.491 e. The summed E-state index contributed by atoms with van der Waals surface area (Å²) in [7, 11) is 0. The van der Waals surface area contributed by atoms with Gasteiger partial charge in [-0.3, -0.25) is 0 Å². The molecule has 0 amide bonds. The van der Waals surface area contributed by atoms with E-state index >= 15 is 0 Å². The Hall–Kier alpha value is -2.04. The van der Waals surface area contributed by atoms with Crippen molar-refractivity contribution in [3.8, 4) is 11.4 Å². The molecule has 0 fully saturated rings. The Kier molecular flexibility index (Phi) is 4.61. The average molecular weight is 274 g/mol. The standard InChI is InChI=1S/C15H22N4O/c1-4-9-20-13-10-11(7-8-12(13)16)19-15(6-3)17-14(5-2)18-19/h7-8,10H,4-6,9,16H2,1-3H3. The van der Waals surface area contributed by atoms with Crippen LogP contribution >= 0.6 is 0 Å². The number of aryl methyl sites for hydroxylation is 2. The van der Waals surface area contributed by atoms with E-state index in [1.165, 1.54) is 0 Å². The van der Waals surface area contributed by atoms with Crippen molar-refractivity contribution >= 4 is 5.69 Å². The summed E-state index contributed by atoms with van der Waals surface area (Å²) in [5, 5.41) is 4.53.